The predicted molar refractivity (Wildman–Crippen MR) is 91.6 cm³/mol. The van der Waals surface area contributed by atoms with E-state index in [9.17, 15) is 14.0 Å². The number of carbonyl (C=O) groups is 2. The molecule has 2 aliphatic rings. The van der Waals surface area contributed by atoms with Crippen molar-refractivity contribution in [2.24, 2.45) is 0 Å². The number of hydrogen-bond donors (Lipinski definition) is 1. The molecule has 1 aliphatic carbocycles. The lowest BCUT2D eigenvalue weighted by Gasteiger charge is -2.29. The molecule has 0 unspecified atom stereocenters. The van der Waals surface area contributed by atoms with Gasteiger partial charge in [-0.3, -0.25) is 14.5 Å². The van der Waals surface area contributed by atoms with Crippen LogP contribution in [0.25, 0.3) is 5.57 Å². The van der Waals surface area contributed by atoms with Crippen molar-refractivity contribution in [2.75, 3.05) is 12.4 Å². The number of nitrogens with zero attached hydrogens (tertiary/aromatic N) is 1. The number of aliphatic hydroxyl groups excluding tert-OH is 1. The zero-order valence-corrected chi connectivity index (χ0v) is 14.2. The van der Waals surface area contributed by atoms with Gasteiger partial charge < -0.3 is 5.11 Å². The molecule has 128 valence electrons. The molecular formula is C18H20FNO3S. The van der Waals surface area contributed by atoms with Crippen LogP contribution in [0.4, 0.5) is 4.39 Å². The van der Waals surface area contributed by atoms with E-state index in [0.717, 1.165) is 32.1 Å². The molecule has 0 bridgehead atoms. The molecular weight excluding hydrogens is 329 g/mol. The van der Waals surface area contributed by atoms with Crippen molar-refractivity contribution in [1.29, 1.82) is 0 Å². The van der Waals surface area contributed by atoms with Gasteiger partial charge in [0.1, 0.15) is 5.82 Å². The highest BCUT2D eigenvalue weighted by molar-refractivity contribution is 8.04. The third-order valence-corrected chi connectivity index (χ3v) is 5.54. The Morgan fingerprint density at radius 3 is 2.38 bits per heavy atom. The van der Waals surface area contributed by atoms with E-state index in [1.165, 1.54) is 40.9 Å². The van der Waals surface area contributed by atoms with Gasteiger partial charge in [-0.2, -0.15) is 0 Å². The van der Waals surface area contributed by atoms with Gasteiger partial charge in [0, 0.05) is 11.8 Å². The molecule has 1 aliphatic heterocycles. The predicted octanol–water partition coefficient (Wildman–Crippen LogP) is 2.96. The van der Waals surface area contributed by atoms with Crippen molar-refractivity contribution in [3.05, 3.63) is 40.6 Å². The van der Waals surface area contributed by atoms with Gasteiger partial charge in [0.2, 0.25) is 0 Å². The maximum atomic E-state index is 13.2. The highest BCUT2D eigenvalue weighted by Crippen LogP contribution is 2.39. The number of aliphatic hydroxyl groups is 1. The van der Waals surface area contributed by atoms with Gasteiger partial charge in [0.15, 0.2) is 0 Å². The van der Waals surface area contributed by atoms with E-state index < -0.39 is 0 Å². The molecule has 0 atom stereocenters. The summed E-state index contributed by atoms with van der Waals surface area (Å²) in [6.45, 7) is -0.0736. The molecule has 6 heteroatoms. The van der Waals surface area contributed by atoms with E-state index in [-0.39, 0.29) is 30.3 Å². The molecule has 4 nitrogen and oxygen atoms in total. The monoisotopic (exact) mass is 349 g/mol. The summed E-state index contributed by atoms with van der Waals surface area (Å²) >= 11 is 1.19. The number of imide groups is 1. The average molecular weight is 349 g/mol. The van der Waals surface area contributed by atoms with Gasteiger partial charge in [0.05, 0.1) is 17.1 Å². The van der Waals surface area contributed by atoms with Gasteiger partial charge in [0.25, 0.3) is 11.8 Å². The van der Waals surface area contributed by atoms with Crippen molar-refractivity contribution in [3.8, 4) is 0 Å². The van der Waals surface area contributed by atoms with Crippen LogP contribution in [0, 0.1) is 5.82 Å². The SMILES string of the molecule is O=C1C(SCCO)=C(c2ccc(F)cc2)C(=O)N1C1CCCCC1. The molecule has 0 spiro atoms. The maximum Gasteiger partial charge on any atom is 0.268 e. The topological polar surface area (TPSA) is 57.6 Å². The summed E-state index contributed by atoms with van der Waals surface area (Å²) in [5.74, 6) is -0.606. The molecule has 1 N–H and O–H groups in total. The molecule has 2 amide bonds. The first-order valence-corrected chi connectivity index (χ1v) is 9.24. The van der Waals surface area contributed by atoms with E-state index in [2.05, 4.69) is 0 Å². The standard InChI is InChI=1S/C18H20FNO3S/c19-13-8-6-12(7-9-13)15-16(24-11-10-21)18(23)20(17(15)22)14-4-2-1-3-5-14/h6-9,14,21H,1-5,10-11H2. The normalized spacial score (nSPS) is 19.5. The number of carbonyl (C=O) groups excluding carboxylic acids is 2. The lowest BCUT2D eigenvalue weighted by molar-refractivity contribution is -0.139. The minimum Gasteiger partial charge on any atom is -0.396 e. The van der Waals surface area contributed by atoms with Crippen LogP contribution in [0.2, 0.25) is 0 Å². The van der Waals surface area contributed by atoms with Crippen LogP contribution in [0.3, 0.4) is 0 Å². The number of thioether (sulfide) groups is 1. The lowest BCUT2D eigenvalue weighted by Crippen LogP contribution is -2.42. The molecule has 0 aromatic heterocycles. The average Bonchev–Trinajstić information content (AvgIpc) is 2.85. The number of amides is 2. The molecule has 1 heterocycles. The molecule has 3 rings (SSSR count). The minimum absolute atomic E-state index is 0.0542. The Morgan fingerprint density at radius 2 is 1.75 bits per heavy atom. The maximum absolute atomic E-state index is 13.2. The third kappa shape index (κ3) is 3.26. The van der Waals surface area contributed by atoms with Crippen molar-refractivity contribution < 1.29 is 19.1 Å². The van der Waals surface area contributed by atoms with E-state index in [1.54, 1.807) is 0 Å². The summed E-state index contributed by atoms with van der Waals surface area (Å²) in [6.07, 6.45) is 4.86. The number of benzene rings is 1. The summed E-state index contributed by atoms with van der Waals surface area (Å²) in [6, 6.07) is 5.58. The first-order valence-electron chi connectivity index (χ1n) is 8.25. The molecule has 0 saturated heterocycles. The molecule has 1 aromatic carbocycles. The second-order valence-electron chi connectivity index (χ2n) is 6.06. The highest BCUT2D eigenvalue weighted by atomic mass is 32.2. The van der Waals surface area contributed by atoms with Crippen LogP contribution in [0.15, 0.2) is 29.2 Å². The Kier molecular flexibility index (Phi) is 5.36. The van der Waals surface area contributed by atoms with Crippen molar-refractivity contribution in [3.63, 3.8) is 0 Å². The summed E-state index contributed by atoms with van der Waals surface area (Å²) < 4.78 is 13.2. The Hall–Kier alpha value is -1.66. The Bertz CT molecular complexity index is 665. The molecule has 1 aromatic rings. The van der Waals surface area contributed by atoms with E-state index in [4.69, 9.17) is 5.11 Å². The van der Waals surface area contributed by atoms with Gasteiger partial charge in [-0.05, 0) is 30.5 Å². The van der Waals surface area contributed by atoms with Gasteiger partial charge in [-0.1, -0.05) is 31.4 Å². The smallest absolute Gasteiger partial charge is 0.268 e. The van der Waals surface area contributed by atoms with Crippen molar-refractivity contribution in [1.82, 2.24) is 4.90 Å². The number of rotatable bonds is 5. The summed E-state index contributed by atoms with van der Waals surface area (Å²) in [5.41, 5.74) is 0.887. The minimum atomic E-state index is -0.384. The molecule has 24 heavy (non-hydrogen) atoms. The lowest BCUT2D eigenvalue weighted by atomic mass is 9.94. The van der Waals surface area contributed by atoms with Crippen molar-refractivity contribution >= 4 is 29.1 Å². The summed E-state index contributed by atoms with van der Waals surface area (Å²) in [4.78, 5) is 27.5. The highest BCUT2D eigenvalue weighted by Gasteiger charge is 2.42. The van der Waals surface area contributed by atoms with Gasteiger partial charge in [-0.25, -0.2) is 4.39 Å². The zero-order valence-electron chi connectivity index (χ0n) is 13.3. The number of halogens is 1. The van der Waals surface area contributed by atoms with Crippen molar-refractivity contribution in [2.45, 2.75) is 38.1 Å². The second-order valence-corrected chi connectivity index (χ2v) is 7.16. The van der Waals surface area contributed by atoms with Gasteiger partial charge >= 0.3 is 0 Å². The fourth-order valence-corrected chi connectivity index (χ4v) is 4.22. The third-order valence-electron chi connectivity index (χ3n) is 4.48. The Balaban J connectivity index is 1.96. The van der Waals surface area contributed by atoms with Crippen LogP contribution in [0.1, 0.15) is 37.7 Å². The first kappa shape index (κ1) is 17.2. The van der Waals surface area contributed by atoms with E-state index in [0.29, 0.717) is 21.8 Å². The molecule has 0 radical (unpaired) electrons. The number of hydrogen-bond acceptors (Lipinski definition) is 4. The first-order chi connectivity index (χ1) is 11.6. The molecule has 1 fully saturated rings. The van der Waals surface area contributed by atoms with Crippen LogP contribution in [-0.2, 0) is 9.59 Å². The molecule has 1 saturated carbocycles. The summed E-state index contributed by atoms with van der Waals surface area (Å²) in [7, 11) is 0. The van der Waals surface area contributed by atoms with E-state index >= 15 is 0 Å². The Labute approximate surface area is 144 Å². The summed E-state index contributed by atoms with van der Waals surface area (Å²) in [5, 5.41) is 9.08. The van der Waals surface area contributed by atoms with Gasteiger partial charge in [-0.15, -0.1) is 11.8 Å². The van der Waals surface area contributed by atoms with Crippen LogP contribution in [-0.4, -0.2) is 40.2 Å². The van der Waals surface area contributed by atoms with Crippen LogP contribution in [0.5, 0.6) is 0 Å². The van der Waals surface area contributed by atoms with E-state index in [1.807, 2.05) is 0 Å². The second kappa shape index (κ2) is 7.49. The van der Waals surface area contributed by atoms with Crippen LogP contribution < -0.4 is 0 Å². The zero-order chi connectivity index (χ0) is 17.1. The fraction of sp³-hybridized carbons (Fsp3) is 0.444. The quantitative estimate of drug-likeness (QED) is 0.831. The largest absolute Gasteiger partial charge is 0.396 e. The fourth-order valence-electron chi connectivity index (χ4n) is 3.35. The Morgan fingerprint density at radius 1 is 1.08 bits per heavy atom. The van der Waals surface area contributed by atoms with Crippen LogP contribution >= 0.6 is 11.8 Å².